The molecule has 1 atom stereocenters. The zero-order valence-electron chi connectivity index (χ0n) is 13.0. The minimum atomic E-state index is 0.616. The van der Waals surface area contributed by atoms with Crippen LogP contribution in [-0.2, 0) is 18.6 Å². The third-order valence-electron chi connectivity index (χ3n) is 3.96. The Hall–Kier alpha value is -1.18. The molecule has 3 aromatic heterocycles. The largest absolute Gasteiger partial charge is 0.410 e. The van der Waals surface area contributed by atoms with Crippen LogP contribution >= 0.6 is 34.4 Å². The summed E-state index contributed by atoms with van der Waals surface area (Å²) in [4.78, 5) is 7.05. The topological polar surface area (TPSA) is 51.8 Å². The van der Waals surface area contributed by atoms with E-state index < -0.39 is 0 Å². The van der Waals surface area contributed by atoms with Crippen molar-refractivity contribution in [1.29, 1.82) is 0 Å². The van der Waals surface area contributed by atoms with E-state index in [1.54, 1.807) is 34.4 Å². The molecule has 0 N–H and O–H groups in total. The molecule has 0 radical (unpaired) electrons. The van der Waals surface area contributed by atoms with Crippen LogP contribution in [0.4, 0.5) is 0 Å². The number of hydrogen-bond donors (Lipinski definition) is 0. The van der Waals surface area contributed by atoms with Crippen LogP contribution in [0.1, 0.15) is 34.5 Å². The van der Waals surface area contributed by atoms with E-state index in [-0.39, 0.29) is 0 Å². The van der Waals surface area contributed by atoms with Crippen molar-refractivity contribution in [2.24, 2.45) is 5.92 Å². The molecule has 0 amide bonds. The Balaban J connectivity index is 1.47. The molecule has 0 saturated heterocycles. The fourth-order valence-corrected chi connectivity index (χ4v) is 5.29. The van der Waals surface area contributed by atoms with Gasteiger partial charge in [-0.15, -0.1) is 32.9 Å². The average Bonchev–Trinajstić information content (AvgIpc) is 3.23. The second-order valence-electron chi connectivity index (χ2n) is 5.93. The van der Waals surface area contributed by atoms with Gasteiger partial charge in [-0.25, -0.2) is 4.98 Å². The first-order valence-corrected chi connectivity index (χ1v) is 10.3. The molecule has 4 rings (SSSR count). The van der Waals surface area contributed by atoms with Gasteiger partial charge >= 0.3 is 0 Å². The van der Waals surface area contributed by atoms with Crippen LogP contribution in [0.25, 0.3) is 10.8 Å². The van der Waals surface area contributed by atoms with Crippen LogP contribution in [-0.4, -0.2) is 15.2 Å². The summed E-state index contributed by atoms with van der Waals surface area (Å²) < 4.78 is 5.83. The van der Waals surface area contributed by atoms with Gasteiger partial charge in [0.05, 0.1) is 15.6 Å². The van der Waals surface area contributed by atoms with Crippen molar-refractivity contribution in [3.05, 3.63) is 32.6 Å². The Labute approximate surface area is 147 Å². The summed E-state index contributed by atoms with van der Waals surface area (Å²) in [5, 5.41) is 12.2. The number of thiophene rings is 1. The zero-order valence-corrected chi connectivity index (χ0v) is 15.5. The standard InChI is InChI=1S/C16H17N3OS3/c1-9-3-4-13-11(5-9)6-14(23-13)15-18-19-16(20-15)22-8-12-7-21-10(2)17-12/h6-7,9H,3-5,8H2,1-2H3/t9-/m0/s1. The van der Waals surface area contributed by atoms with E-state index in [1.165, 1.54) is 29.7 Å². The maximum absolute atomic E-state index is 5.83. The molecule has 0 saturated carbocycles. The van der Waals surface area contributed by atoms with Gasteiger partial charge in [0.25, 0.3) is 11.1 Å². The molecule has 1 aliphatic rings. The maximum atomic E-state index is 5.83. The van der Waals surface area contributed by atoms with Crippen molar-refractivity contribution in [2.45, 2.75) is 44.1 Å². The van der Waals surface area contributed by atoms with Crippen LogP contribution < -0.4 is 0 Å². The molecule has 3 heterocycles. The number of nitrogens with zero attached hydrogens (tertiary/aromatic N) is 3. The van der Waals surface area contributed by atoms with Gasteiger partial charge in [0.1, 0.15) is 0 Å². The fraction of sp³-hybridized carbons (Fsp3) is 0.438. The van der Waals surface area contributed by atoms with E-state index in [2.05, 4.69) is 33.6 Å². The second-order valence-corrected chi connectivity index (χ2v) is 9.05. The summed E-state index contributed by atoms with van der Waals surface area (Å²) in [7, 11) is 0. The smallest absolute Gasteiger partial charge is 0.277 e. The van der Waals surface area contributed by atoms with E-state index in [1.807, 2.05) is 6.92 Å². The van der Waals surface area contributed by atoms with Crippen LogP contribution in [0.15, 0.2) is 21.1 Å². The lowest BCUT2D eigenvalue weighted by atomic mass is 9.90. The Morgan fingerprint density at radius 2 is 2.30 bits per heavy atom. The second kappa shape index (κ2) is 6.37. The molecular formula is C16H17N3OS3. The van der Waals surface area contributed by atoms with Gasteiger partial charge in [-0.1, -0.05) is 18.7 Å². The third kappa shape index (κ3) is 3.36. The van der Waals surface area contributed by atoms with Gasteiger partial charge in [0.15, 0.2) is 0 Å². The van der Waals surface area contributed by atoms with E-state index in [0.717, 1.165) is 27.2 Å². The van der Waals surface area contributed by atoms with Gasteiger partial charge < -0.3 is 4.42 Å². The van der Waals surface area contributed by atoms with Crippen molar-refractivity contribution in [3.63, 3.8) is 0 Å². The molecule has 3 aromatic rings. The van der Waals surface area contributed by atoms with Crippen LogP contribution in [0, 0.1) is 12.8 Å². The molecule has 23 heavy (non-hydrogen) atoms. The SMILES string of the molecule is Cc1nc(CSc2nnc(-c3cc4c(s3)CC[C@H](C)C4)o2)cs1. The highest BCUT2D eigenvalue weighted by Crippen LogP contribution is 2.37. The monoisotopic (exact) mass is 363 g/mol. The predicted octanol–water partition coefficient (Wildman–Crippen LogP) is 4.98. The summed E-state index contributed by atoms with van der Waals surface area (Å²) >= 11 is 5.02. The van der Waals surface area contributed by atoms with Crippen molar-refractivity contribution in [3.8, 4) is 10.8 Å². The zero-order chi connectivity index (χ0) is 15.8. The van der Waals surface area contributed by atoms with E-state index in [9.17, 15) is 0 Å². The average molecular weight is 364 g/mol. The van der Waals surface area contributed by atoms with Crippen molar-refractivity contribution in [2.75, 3.05) is 0 Å². The van der Waals surface area contributed by atoms with Crippen molar-refractivity contribution in [1.82, 2.24) is 15.2 Å². The first kappa shape index (κ1) is 15.4. The molecule has 0 aromatic carbocycles. The molecule has 7 heteroatoms. The molecule has 0 spiro atoms. The Morgan fingerprint density at radius 1 is 1.39 bits per heavy atom. The van der Waals surface area contributed by atoms with Gasteiger partial charge in [0, 0.05) is 16.0 Å². The number of thioether (sulfide) groups is 1. The van der Waals surface area contributed by atoms with E-state index in [4.69, 9.17) is 4.42 Å². The van der Waals surface area contributed by atoms with Crippen LogP contribution in [0.2, 0.25) is 0 Å². The normalized spacial score (nSPS) is 17.4. The van der Waals surface area contributed by atoms with Gasteiger partial charge in [-0.05, 0) is 43.7 Å². The highest BCUT2D eigenvalue weighted by Gasteiger charge is 2.21. The highest BCUT2D eigenvalue weighted by molar-refractivity contribution is 7.98. The summed E-state index contributed by atoms with van der Waals surface area (Å²) in [5.74, 6) is 2.19. The number of fused-ring (bicyclic) bond motifs is 1. The first-order valence-electron chi connectivity index (χ1n) is 7.66. The number of rotatable bonds is 4. The minimum Gasteiger partial charge on any atom is -0.410 e. The van der Waals surface area contributed by atoms with E-state index in [0.29, 0.717) is 11.1 Å². The maximum Gasteiger partial charge on any atom is 0.277 e. The lowest BCUT2D eigenvalue weighted by Crippen LogP contribution is -2.07. The minimum absolute atomic E-state index is 0.616. The Morgan fingerprint density at radius 3 is 3.13 bits per heavy atom. The number of thiazole rings is 1. The molecular weight excluding hydrogens is 346 g/mol. The Kier molecular flexibility index (Phi) is 4.26. The number of hydrogen-bond acceptors (Lipinski definition) is 7. The molecule has 1 aliphatic carbocycles. The third-order valence-corrected chi connectivity index (χ3v) is 6.86. The van der Waals surface area contributed by atoms with Crippen LogP contribution in [0.3, 0.4) is 0 Å². The van der Waals surface area contributed by atoms with Crippen molar-refractivity contribution < 1.29 is 4.42 Å². The van der Waals surface area contributed by atoms with E-state index >= 15 is 0 Å². The quantitative estimate of drug-likeness (QED) is 0.612. The van der Waals surface area contributed by atoms with Gasteiger partial charge in [0.2, 0.25) is 0 Å². The highest BCUT2D eigenvalue weighted by atomic mass is 32.2. The summed E-state index contributed by atoms with van der Waals surface area (Å²) in [6, 6.07) is 2.24. The molecule has 4 nitrogen and oxygen atoms in total. The van der Waals surface area contributed by atoms with Gasteiger partial charge in [-0.3, -0.25) is 0 Å². The molecule has 120 valence electrons. The van der Waals surface area contributed by atoms with Gasteiger partial charge in [-0.2, -0.15) is 0 Å². The molecule has 0 unspecified atom stereocenters. The summed E-state index contributed by atoms with van der Waals surface area (Å²) in [5.41, 5.74) is 2.53. The number of aryl methyl sites for hydroxylation is 2. The summed E-state index contributed by atoms with van der Waals surface area (Å²) in [6.07, 6.45) is 3.63. The lowest BCUT2D eigenvalue weighted by molar-refractivity contribution is 0.466. The molecule has 0 aliphatic heterocycles. The van der Waals surface area contributed by atoms with Crippen LogP contribution in [0.5, 0.6) is 0 Å². The molecule has 0 fully saturated rings. The Bertz CT molecular complexity index is 820. The predicted molar refractivity (Wildman–Crippen MR) is 95.2 cm³/mol. The number of aromatic nitrogens is 3. The molecule has 0 bridgehead atoms. The first-order chi connectivity index (χ1) is 11.2. The fourth-order valence-electron chi connectivity index (χ4n) is 2.79. The van der Waals surface area contributed by atoms with Crippen molar-refractivity contribution >= 4 is 34.4 Å². The summed E-state index contributed by atoms with van der Waals surface area (Å²) in [6.45, 7) is 4.34. The lowest BCUT2D eigenvalue weighted by Gasteiger charge is -2.16.